The number of benzene rings is 1. The van der Waals surface area contributed by atoms with Crippen molar-refractivity contribution in [1.82, 2.24) is 9.80 Å². The Morgan fingerprint density at radius 3 is 1.85 bits per heavy atom. The number of aryl methyl sites for hydroxylation is 3. The number of amides is 2. The lowest BCUT2D eigenvalue weighted by molar-refractivity contribution is -0.133. The lowest BCUT2D eigenvalue weighted by atomic mass is 10.1. The second kappa shape index (κ2) is 10.5. The summed E-state index contributed by atoms with van der Waals surface area (Å²) in [5.74, 6) is 0.831. The third-order valence-electron chi connectivity index (χ3n) is 4.28. The third-order valence-corrected chi connectivity index (χ3v) is 4.28. The first-order valence-corrected chi connectivity index (χ1v) is 9.83. The lowest BCUT2D eigenvalue weighted by Gasteiger charge is -2.28. The molecule has 0 saturated heterocycles. The molecule has 0 radical (unpaired) electrons. The van der Waals surface area contributed by atoms with E-state index in [1.165, 1.54) is 5.56 Å². The maximum Gasteiger partial charge on any atom is 0.238 e. The molecule has 0 fully saturated rings. The fraction of sp³-hybridized carbons (Fsp3) is 0.636. The molecule has 0 unspecified atom stereocenters. The second-order valence-electron chi connectivity index (χ2n) is 8.58. The molecule has 0 aliphatic carbocycles. The highest BCUT2D eigenvalue weighted by Gasteiger charge is 2.19. The summed E-state index contributed by atoms with van der Waals surface area (Å²) in [7, 11) is 1.81. The molecule has 152 valence electrons. The summed E-state index contributed by atoms with van der Waals surface area (Å²) in [6.45, 7) is 16.4. The van der Waals surface area contributed by atoms with E-state index >= 15 is 0 Å². The highest BCUT2D eigenvalue weighted by atomic mass is 16.2. The monoisotopic (exact) mass is 375 g/mol. The van der Waals surface area contributed by atoms with Gasteiger partial charge in [-0.2, -0.15) is 0 Å². The van der Waals surface area contributed by atoms with Crippen molar-refractivity contribution in [3.8, 4) is 0 Å². The Morgan fingerprint density at radius 1 is 0.926 bits per heavy atom. The molecule has 5 nitrogen and oxygen atoms in total. The first-order chi connectivity index (χ1) is 12.5. The van der Waals surface area contributed by atoms with Crippen LogP contribution in [-0.4, -0.2) is 54.8 Å². The van der Waals surface area contributed by atoms with E-state index in [0.29, 0.717) is 11.8 Å². The summed E-state index contributed by atoms with van der Waals surface area (Å²) in [5.41, 5.74) is 4.16. The van der Waals surface area contributed by atoms with Gasteiger partial charge in [0.1, 0.15) is 0 Å². The first kappa shape index (κ1) is 23.2. The van der Waals surface area contributed by atoms with E-state index in [2.05, 4.69) is 45.1 Å². The van der Waals surface area contributed by atoms with Crippen molar-refractivity contribution < 1.29 is 9.59 Å². The highest BCUT2D eigenvalue weighted by molar-refractivity contribution is 5.94. The molecule has 1 rings (SSSR count). The summed E-state index contributed by atoms with van der Waals surface area (Å²) in [5, 5.41) is 3.00. The third kappa shape index (κ3) is 8.12. The zero-order valence-electron chi connectivity index (χ0n) is 18.3. The Hall–Kier alpha value is -1.88. The molecule has 1 aromatic rings. The number of carbonyl (C=O) groups is 2. The predicted octanol–water partition coefficient (Wildman–Crippen LogP) is 3.62. The van der Waals surface area contributed by atoms with Crippen LogP contribution >= 0.6 is 0 Å². The van der Waals surface area contributed by atoms with Crippen molar-refractivity contribution in [1.29, 1.82) is 0 Å². The van der Waals surface area contributed by atoms with Crippen LogP contribution in [0.4, 0.5) is 5.69 Å². The maximum atomic E-state index is 12.7. The summed E-state index contributed by atoms with van der Waals surface area (Å²) in [6.07, 6.45) is 0. The zero-order valence-corrected chi connectivity index (χ0v) is 18.3. The molecule has 5 heteroatoms. The van der Waals surface area contributed by atoms with E-state index < -0.39 is 0 Å². The summed E-state index contributed by atoms with van der Waals surface area (Å²) in [6, 6.07) is 4.12. The minimum atomic E-state index is -0.0976. The standard InChI is InChI=1S/C22H37N3O2/c1-15(2)11-25(12-16(3)4)21(27)14-24(8)13-20(26)23-22-18(6)9-17(5)10-19(22)7/h9-10,15-16H,11-14H2,1-8H3,(H,23,26). The van der Waals surface area contributed by atoms with Crippen LogP contribution in [0.2, 0.25) is 0 Å². The van der Waals surface area contributed by atoms with Crippen LogP contribution in [-0.2, 0) is 9.59 Å². The van der Waals surface area contributed by atoms with Gasteiger partial charge in [-0.1, -0.05) is 45.4 Å². The number of nitrogens with zero attached hydrogens (tertiary/aromatic N) is 2. The molecule has 2 amide bonds. The maximum absolute atomic E-state index is 12.7. The van der Waals surface area contributed by atoms with Crippen LogP contribution in [0.5, 0.6) is 0 Å². The van der Waals surface area contributed by atoms with Crippen LogP contribution in [0.25, 0.3) is 0 Å². The number of rotatable bonds is 9. The largest absolute Gasteiger partial charge is 0.341 e. The van der Waals surface area contributed by atoms with Gasteiger partial charge in [-0.3, -0.25) is 14.5 Å². The van der Waals surface area contributed by atoms with E-state index in [0.717, 1.165) is 29.9 Å². The van der Waals surface area contributed by atoms with Gasteiger partial charge in [-0.15, -0.1) is 0 Å². The van der Waals surface area contributed by atoms with Crippen LogP contribution < -0.4 is 5.32 Å². The minimum absolute atomic E-state index is 0.0791. The van der Waals surface area contributed by atoms with E-state index in [1.54, 1.807) is 4.90 Å². The molecular weight excluding hydrogens is 338 g/mol. The van der Waals surface area contributed by atoms with Crippen LogP contribution in [0.15, 0.2) is 12.1 Å². The fourth-order valence-corrected chi connectivity index (χ4v) is 3.35. The number of likely N-dealkylation sites (N-methyl/N-ethyl adjacent to an activating group) is 1. The van der Waals surface area contributed by atoms with Crippen molar-refractivity contribution in [2.75, 3.05) is 38.5 Å². The molecule has 0 heterocycles. The molecule has 0 bridgehead atoms. The molecule has 0 saturated carbocycles. The Morgan fingerprint density at radius 2 is 1.41 bits per heavy atom. The predicted molar refractivity (Wildman–Crippen MR) is 113 cm³/mol. The quantitative estimate of drug-likeness (QED) is 0.717. The Kier molecular flexibility index (Phi) is 8.97. The number of anilines is 1. The smallest absolute Gasteiger partial charge is 0.238 e. The van der Waals surface area contributed by atoms with Crippen LogP contribution in [0.3, 0.4) is 0 Å². The van der Waals surface area contributed by atoms with Crippen molar-refractivity contribution in [2.45, 2.75) is 48.5 Å². The van der Waals surface area contributed by atoms with Gasteiger partial charge in [-0.05, 0) is 50.8 Å². The van der Waals surface area contributed by atoms with Gasteiger partial charge in [0.05, 0.1) is 13.1 Å². The van der Waals surface area contributed by atoms with Crippen molar-refractivity contribution >= 4 is 17.5 Å². The number of hydrogen-bond donors (Lipinski definition) is 1. The number of hydrogen-bond acceptors (Lipinski definition) is 3. The number of carbonyl (C=O) groups excluding carboxylic acids is 2. The van der Waals surface area contributed by atoms with Crippen LogP contribution in [0, 0.1) is 32.6 Å². The average Bonchev–Trinajstić information content (AvgIpc) is 2.49. The van der Waals surface area contributed by atoms with Gasteiger partial charge < -0.3 is 10.2 Å². The molecule has 1 aromatic carbocycles. The molecule has 0 aliphatic rings. The molecule has 1 N–H and O–H groups in total. The van der Waals surface area contributed by atoms with Crippen molar-refractivity contribution in [2.24, 2.45) is 11.8 Å². The Bertz CT molecular complexity index is 620. The first-order valence-electron chi connectivity index (χ1n) is 9.83. The van der Waals surface area contributed by atoms with Gasteiger partial charge in [0.2, 0.25) is 11.8 Å². The van der Waals surface area contributed by atoms with Gasteiger partial charge >= 0.3 is 0 Å². The molecular formula is C22H37N3O2. The number of nitrogens with one attached hydrogen (secondary N) is 1. The van der Waals surface area contributed by atoms with Crippen molar-refractivity contribution in [3.63, 3.8) is 0 Å². The summed E-state index contributed by atoms with van der Waals surface area (Å²) >= 11 is 0. The fourth-order valence-electron chi connectivity index (χ4n) is 3.35. The molecule has 0 atom stereocenters. The summed E-state index contributed by atoms with van der Waals surface area (Å²) in [4.78, 5) is 28.8. The molecule has 0 aliphatic heterocycles. The lowest BCUT2D eigenvalue weighted by Crippen LogP contribution is -2.44. The highest BCUT2D eigenvalue weighted by Crippen LogP contribution is 2.21. The van der Waals surface area contributed by atoms with E-state index in [4.69, 9.17) is 0 Å². The Balaban J connectivity index is 2.65. The van der Waals surface area contributed by atoms with Crippen LogP contribution in [0.1, 0.15) is 44.4 Å². The van der Waals surface area contributed by atoms with Gasteiger partial charge in [0, 0.05) is 18.8 Å². The minimum Gasteiger partial charge on any atom is -0.341 e. The molecule has 27 heavy (non-hydrogen) atoms. The molecule has 0 aromatic heterocycles. The van der Waals surface area contributed by atoms with E-state index in [1.807, 2.05) is 32.7 Å². The normalized spacial score (nSPS) is 11.4. The second-order valence-corrected chi connectivity index (χ2v) is 8.58. The SMILES string of the molecule is Cc1cc(C)c(NC(=O)CN(C)CC(=O)N(CC(C)C)CC(C)C)c(C)c1. The van der Waals surface area contributed by atoms with Gasteiger partial charge in [-0.25, -0.2) is 0 Å². The topological polar surface area (TPSA) is 52.7 Å². The van der Waals surface area contributed by atoms with E-state index in [9.17, 15) is 9.59 Å². The van der Waals surface area contributed by atoms with E-state index in [-0.39, 0.29) is 24.9 Å². The van der Waals surface area contributed by atoms with Gasteiger partial charge in [0.15, 0.2) is 0 Å². The summed E-state index contributed by atoms with van der Waals surface area (Å²) < 4.78 is 0. The molecule has 0 spiro atoms. The van der Waals surface area contributed by atoms with Crippen molar-refractivity contribution in [3.05, 3.63) is 28.8 Å². The average molecular weight is 376 g/mol. The Labute approximate surface area is 165 Å². The van der Waals surface area contributed by atoms with Gasteiger partial charge in [0.25, 0.3) is 0 Å². The zero-order chi connectivity index (χ0) is 20.7.